The first-order chi connectivity index (χ1) is 12.7. The van der Waals surface area contributed by atoms with Crippen molar-refractivity contribution in [3.05, 3.63) is 34.9 Å². The summed E-state index contributed by atoms with van der Waals surface area (Å²) in [6.07, 6.45) is 0.954. The summed E-state index contributed by atoms with van der Waals surface area (Å²) < 4.78 is 10.9. The zero-order valence-corrected chi connectivity index (χ0v) is 16.6. The van der Waals surface area contributed by atoms with E-state index in [2.05, 4.69) is 26.6 Å². The second-order valence-corrected chi connectivity index (χ2v) is 6.59. The van der Waals surface area contributed by atoms with Gasteiger partial charge in [0.05, 0.1) is 19.3 Å². The van der Waals surface area contributed by atoms with Crippen LogP contribution in [0.2, 0.25) is 5.02 Å². The summed E-state index contributed by atoms with van der Waals surface area (Å²) in [4.78, 5) is 6.75. The maximum absolute atomic E-state index is 6.22. The standard InChI is InChI=1S/C19H31ClN4O2/c1-3-25-11-5-8-22-19(21-2)23-15-18(24-9-12-26-13-10-24)16-6-4-7-17(20)14-16/h4,6-7,14,18H,3,5,8-13,15H2,1-2H3,(H2,21,22,23). The number of hydrogen-bond acceptors (Lipinski definition) is 4. The Morgan fingerprint density at radius 2 is 2.15 bits per heavy atom. The van der Waals surface area contributed by atoms with Crippen molar-refractivity contribution in [3.63, 3.8) is 0 Å². The first-order valence-electron chi connectivity index (χ1n) is 9.34. The van der Waals surface area contributed by atoms with Crippen molar-refractivity contribution < 1.29 is 9.47 Å². The van der Waals surface area contributed by atoms with Crippen molar-refractivity contribution in [2.45, 2.75) is 19.4 Å². The highest BCUT2D eigenvalue weighted by Crippen LogP contribution is 2.23. The minimum Gasteiger partial charge on any atom is -0.382 e. The molecule has 0 saturated carbocycles. The van der Waals surface area contributed by atoms with E-state index >= 15 is 0 Å². The van der Waals surface area contributed by atoms with Gasteiger partial charge in [0, 0.05) is 51.5 Å². The van der Waals surface area contributed by atoms with E-state index in [0.717, 1.165) is 70.0 Å². The van der Waals surface area contributed by atoms with Gasteiger partial charge in [-0.1, -0.05) is 23.7 Å². The topological polar surface area (TPSA) is 58.1 Å². The van der Waals surface area contributed by atoms with Crippen molar-refractivity contribution >= 4 is 17.6 Å². The molecule has 146 valence electrons. The third-order valence-electron chi connectivity index (χ3n) is 4.37. The number of benzene rings is 1. The number of rotatable bonds is 9. The highest BCUT2D eigenvalue weighted by atomic mass is 35.5. The molecule has 2 rings (SSSR count). The van der Waals surface area contributed by atoms with Crippen LogP contribution in [0.4, 0.5) is 0 Å². The molecule has 1 unspecified atom stereocenters. The Kier molecular flexibility index (Phi) is 9.77. The van der Waals surface area contributed by atoms with Crippen LogP contribution in [0.25, 0.3) is 0 Å². The van der Waals surface area contributed by atoms with Gasteiger partial charge in [-0.3, -0.25) is 9.89 Å². The van der Waals surface area contributed by atoms with Crippen molar-refractivity contribution in [2.75, 3.05) is 59.7 Å². The molecule has 0 aromatic heterocycles. The van der Waals surface area contributed by atoms with Crippen molar-refractivity contribution in [3.8, 4) is 0 Å². The maximum Gasteiger partial charge on any atom is 0.191 e. The predicted molar refractivity (Wildman–Crippen MR) is 107 cm³/mol. The first-order valence-corrected chi connectivity index (χ1v) is 9.72. The maximum atomic E-state index is 6.22. The van der Waals surface area contributed by atoms with Gasteiger partial charge in [0.15, 0.2) is 5.96 Å². The Labute approximate surface area is 161 Å². The van der Waals surface area contributed by atoms with Gasteiger partial charge in [-0.05, 0) is 31.0 Å². The molecule has 7 heteroatoms. The number of guanidine groups is 1. The molecule has 1 aliphatic heterocycles. The highest BCUT2D eigenvalue weighted by Gasteiger charge is 2.23. The molecule has 2 N–H and O–H groups in total. The monoisotopic (exact) mass is 382 g/mol. The van der Waals surface area contributed by atoms with E-state index in [4.69, 9.17) is 21.1 Å². The number of nitrogens with one attached hydrogen (secondary N) is 2. The Hall–Kier alpha value is -1.34. The van der Waals surface area contributed by atoms with E-state index in [1.807, 2.05) is 25.1 Å². The molecule has 0 spiro atoms. The molecule has 1 saturated heterocycles. The first kappa shape index (κ1) is 21.0. The lowest BCUT2D eigenvalue weighted by atomic mass is 10.0. The van der Waals surface area contributed by atoms with Crippen LogP contribution in [0.3, 0.4) is 0 Å². The average molecular weight is 383 g/mol. The number of halogens is 1. The summed E-state index contributed by atoms with van der Waals surface area (Å²) in [5.41, 5.74) is 1.21. The quantitative estimate of drug-likeness (QED) is 0.390. The van der Waals surface area contributed by atoms with Gasteiger partial charge in [-0.15, -0.1) is 0 Å². The van der Waals surface area contributed by atoms with Crippen LogP contribution in [0.5, 0.6) is 0 Å². The molecule has 1 aromatic carbocycles. The molecule has 26 heavy (non-hydrogen) atoms. The van der Waals surface area contributed by atoms with Gasteiger partial charge in [0.2, 0.25) is 0 Å². The van der Waals surface area contributed by atoms with Crippen LogP contribution >= 0.6 is 11.6 Å². The predicted octanol–water partition coefficient (Wildman–Crippen LogP) is 2.30. The van der Waals surface area contributed by atoms with Crippen molar-refractivity contribution in [1.29, 1.82) is 0 Å². The summed E-state index contributed by atoms with van der Waals surface area (Å²) in [6.45, 7) is 8.48. The second kappa shape index (κ2) is 12.1. The number of nitrogens with zero attached hydrogens (tertiary/aromatic N) is 2. The molecule has 1 heterocycles. The second-order valence-electron chi connectivity index (χ2n) is 6.15. The van der Waals surface area contributed by atoms with E-state index in [0.29, 0.717) is 0 Å². The van der Waals surface area contributed by atoms with Crippen LogP contribution in [0, 0.1) is 0 Å². The average Bonchev–Trinajstić information content (AvgIpc) is 2.67. The Balaban J connectivity index is 1.93. The van der Waals surface area contributed by atoms with Gasteiger partial charge in [-0.25, -0.2) is 0 Å². The lowest BCUT2D eigenvalue weighted by Gasteiger charge is -2.35. The number of ether oxygens (including phenoxy) is 2. The minimum atomic E-state index is 0.222. The van der Waals surface area contributed by atoms with Gasteiger partial charge in [0.1, 0.15) is 0 Å². The van der Waals surface area contributed by atoms with Crippen molar-refractivity contribution in [2.24, 2.45) is 4.99 Å². The third-order valence-corrected chi connectivity index (χ3v) is 4.60. The summed E-state index contributed by atoms with van der Waals surface area (Å²) >= 11 is 6.22. The highest BCUT2D eigenvalue weighted by molar-refractivity contribution is 6.30. The number of hydrogen-bond donors (Lipinski definition) is 2. The van der Waals surface area contributed by atoms with Gasteiger partial charge in [0.25, 0.3) is 0 Å². The van der Waals surface area contributed by atoms with Crippen LogP contribution in [0.1, 0.15) is 24.9 Å². The fraction of sp³-hybridized carbons (Fsp3) is 0.632. The SMILES string of the molecule is CCOCCCNC(=NC)NCC(c1cccc(Cl)c1)N1CCOCC1. The summed E-state index contributed by atoms with van der Waals surface area (Å²) in [5.74, 6) is 0.807. The molecule has 0 bridgehead atoms. The van der Waals surface area contributed by atoms with E-state index in [9.17, 15) is 0 Å². The molecule has 6 nitrogen and oxygen atoms in total. The van der Waals surface area contributed by atoms with Gasteiger partial charge < -0.3 is 20.1 Å². The largest absolute Gasteiger partial charge is 0.382 e. The molecule has 1 aliphatic rings. The molecular weight excluding hydrogens is 352 g/mol. The van der Waals surface area contributed by atoms with E-state index in [1.165, 1.54) is 5.56 Å². The number of morpholine rings is 1. The van der Waals surface area contributed by atoms with E-state index in [1.54, 1.807) is 7.05 Å². The fourth-order valence-electron chi connectivity index (χ4n) is 3.00. The Morgan fingerprint density at radius 1 is 1.35 bits per heavy atom. The van der Waals surface area contributed by atoms with Crippen LogP contribution in [0.15, 0.2) is 29.3 Å². The zero-order chi connectivity index (χ0) is 18.6. The Bertz CT molecular complexity index is 550. The van der Waals surface area contributed by atoms with E-state index in [-0.39, 0.29) is 6.04 Å². The van der Waals surface area contributed by atoms with Crippen molar-refractivity contribution in [1.82, 2.24) is 15.5 Å². The minimum absolute atomic E-state index is 0.222. The Morgan fingerprint density at radius 3 is 2.85 bits per heavy atom. The lowest BCUT2D eigenvalue weighted by Crippen LogP contribution is -2.46. The van der Waals surface area contributed by atoms with Crippen LogP contribution in [-0.4, -0.2) is 70.5 Å². The fourth-order valence-corrected chi connectivity index (χ4v) is 3.20. The molecular formula is C19H31ClN4O2. The third kappa shape index (κ3) is 7.11. The zero-order valence-electron chi connectivity index (χ0n) is 15.8. The molecule has 1 aromatic rings. The number of aliphatic imine (C=N–C) groups is 1. The van der Waals surface area contributed by atoms with Gasteiger partial charge in [-0.2, -0.15) is 0 Å². The van der Waals surface area contributed by atoms with Gasteiger partial charge >= 0.3 is 0 Å². The lowest BCUT2D eigenvalue weighted by molar-refractivity contribution is 0.0170. The van der Waals surface area contributed by atoms with E-state index < -0.39 is 0 Å². The summed E-state index contributed by atoms with van der Waals surface area (Å²) in [5, 5.41) is 7.55. The normalized spacial score (nSPS) is 17.1. The molecule has 1 atom stereocenters. The molecule has 0 radical (unpaired) electrons. The summed E-state index contributed by atoms with van der Waals surface area (Å²) in [7, 11) is 1.79. The van der Waals surface area contributed by atoms with Crippen LogP contribution < -0.4 is 10.6 Å². The summed E-state index contributed by atoms with van der Waals surface area (Å²) in [6, 6.07) is 8.31. The smallest absolute Gasteiger partial charge is 0.191 e. The molecule has 0 aliphatic carbocycles. The molecule has 1 fully saturated rings. The van der Waals surface area contributed by atoms with Crippen LogP contribution in [-0.2, 0) is 9.47 Å². The molecule has 0 amide bonds.